The van der Waals surface area contributed by atoms with Crippen LogP contribution in [0, 0.1) is 18.8 Å². The first-order chi connectivity index (χ1) is 25.2. The van der Waals surface area contributed by atoms with Crippen molar-refractivity contribution in [3.05, 3.63) is 134 Å². The van der Waals surface area contributed by atoms with Crippen LogP contribution in [0.3, 0.4) is 0 Å². The minimum atomic E-state index is -0.0330. The van der Waals surface area contributed by atoms with Gasteiger partial charge in [0.2, 0.25) is 0 Å². The summed E-state index contributed by atoms with van der Waals surface area (Å²) in [4.78, 5) is 9.57. The number of anilines is 3. The molecule has 5 heterocycles. The molecule has 1 aliphatic heterocycles. The van der Waals surface area contributed by atoms with Gasteiger partial charge in [-0.1, -0.05) is 68.8 Å². The van der Waals surface area contributed by atoms with Gasteiger partial charge in [-0.05, 0) is 66.6 Å². The summed E-state index contributed by atoms with van der Waals surface area (Å²) < 4.78 is 12.7. The molecule has 0 spiro atoms. The van der Waals surface area contributed by atoms with Gasteiger partial charge < -0.3 is 19.1 Å². The second-order valence-electron chi connectivity index (χ2n) is 14.7. The average Bonchev–Trinajstić information content (AvgIpc) is 3.89. The third kappa shape index (κ3) is 5.47. The molecule has 5 nitrogen and oxygen atoms in total. The zero-order valence-corrected chi connectivity index (χ0v) is 33.8. The molecule has 9 aromatic rings. The van der Waals surface area contributed by atoms with E-state index in [0.717, 1.165) is 27.9 Å². The maximum Gasteiger partial charge on any atom is 0.135 e. The second kappa shape index (κ2) is 12.7. The van der Waals surface area contributed by atoms with Crippen LogP contribution in [-0.2, 0) is 26.5 Å². The van der Waals surface area contributed by atoms with Gasteiger partial charge in [-0.25, -0.2) is 4.98 Å². The number of thiophene rings is 2. The zero-order valence-electron chi connectivity index (χ0n) is 29.9. The van der Waals surface area contributed by atoms with Crippen LogP contribution in [0.5, 0.6) is 11.5 Å². The molecule has 0 bridgehead atoms. The molecule has 5 aromatic carbocycles. The molecule has 4 aromatic heterocycles. The number of nitrogens with zero attached hydrogens (tertiary/aromatic N) is 4. The molecule has 1 aliphatic rings. The number of rotatable bonds is 5. The first kappa shape index (κ1) is 34.1. The Balaban J connectivity index is 0.00000372. The van der Waals surface area contributed by atoms with Gasteiger partial charge in [0.1, 0.15) is 5.82 Å². The molecular formula is C45H35N4OPtS2-3. The number of aromatic nitrogens is 2. The van der Waals surface area contributed by atoms with E-state index in [2.05, 4.69) is 153 Å². The fourth-order valence-corrected chi connectivity index (χ4v) is 9.89. The first-order valence-electron chi connectivity index (χ1n) is 17.6. The topological polar surface area (TPSA) is 33.5 Å². The minimum Gasteiger partial charge on any atom is -0.509 e. The van der Waals surface area contributed by atoms with Crippen molar-refractivity contribution < 1.29 is 25.8 Å². The summed E-state index contributed by atoms with van der Waals surface area (Å²) in [5.74, 6) is 2.13. The van der Waals surface area contributed by atoms with E-state index in [1.165, 1.54) is 51.9 Å². The van der Waals surface area contributed by atoms with Crippen LogP contribution >= 0.6 is 22.7 Å². The fourth-order valence-electron chi connectivity index (χ4n) is 7.48. The van der Waals surface area contributed by atoms with E-state index in [1.54, 1.807) is 0 Å². The molecular weight excluding hydrogens is 872 g/mol. The Hall–Kier alpha value is -4.68. The molecule has 0 radical (unpaired) electrons. The van der Waals surface area contributed by atoms with Gasteiger partial charge in [0, 0.05) is 69.0 Å². The van der Waals surface area contributed by atoms with Crippen molar-refractivity contribution in [2.24, 2.45) is 0 Å². The summed E-state index contributed by atoms with van der Waals surface area (Å²) in [6, 6.07) is 44.1. The Kier molecular flexibility index (Phi) is 8.19. The molecule has 0 aliphatic carbocycles. The maximum atomic E-state index is 6.63. The molecule has 0 fully saturated rings. The summed E-state index contributed by atoms with van der Waals surface area (Å²) in [6.45, 7) is 13.4. The number of pyridine rings is 1. The van der Waals surface area contributed by atoms with E-state index < -0.39 is 0 Å². The SMILES string of the molecule is CC(C)N1[CH-]N(c2[c-]c(Oc3[c-]c4c(cc3)c3ccc5sc6ccccc6c5c3n4-c3cc(C(C)(C)C)ccn3)ccc2)c2c1sc1ccccc21.[Pt]. The first-order valence-corrected chi connectivity index (χ1v) is 19.3. The molecule has 266 valence electrons. The predicted octanol–water partition coefficient (Wildman–Crippen LogP) is 12.9. The number of hydrogen-bond donors (Lipinski definition) is 0. The van der Waals surface area contributed by atoms with Crippen molar-refractivity contribution in [1.82, 2.24) is 9.55 Å². The second-order valence-corrected chi connectivity index (χ2v) is 16.9. The van der Waals surface area contributed by atoms with E-state index in [1.807, 2.05) is 47.1 Å². The molecule has 0 unspecified atom stereocenters. The Morgan fingerprint density at radius 2 is 1.47 bits per heavy atom. The van der Waals surface area contributed by atoms with Gasteiger partial charge in [-0.3, -0.25) is 0 Å². The molecule has 0 atom stereocenters. The van der Waals surface area contributed by atoms with E-state index in [0.29, 0.717) is 17.5 Å². The number of ether oxygens (including phenoxy) is 1. The van der Waals surface area contributed by atoms with Crippen LogP contribution in [0.25, 0.3) is 57.9 Å². The van der Waals surface area contributed by atoms with Crippen molar-refractivity contribution in [2.75, 3.05) is 9.80 Å². The van der Waals surface area contributed by atoms with Crippen molar-refractivity contribution in [3.8, 4) is 17.3 Å². The molecule has 0 N–H and O–H groups in total. The Labute approximate surface area is 331 Å². The van der Waals surface area contributed by atoms with Crippen LogP contribution in [0.15, 0.2) is 109 Å². The van der Waals surface area contributed by atoms with Crippen molar-refractivity contribution >= 4 is 91.1 Å². The molecule has 0 saturated carbocycles. The molecule has 53 heavy (non-hydrogen) atoms. The third-order valence-corrected chi connectivity index (χ3v) is 12.4. The third-order valence-electron chi connectivity index (χ3n) is 10.0. The molecule has 10 rings (SSSR count). The predicted molar refractivity (Wildman–Crippen MR) is 220 cm³/mol. The van der Waals surface area contributed by atoms with Crippen molar-refractivity contribution in [3.63, 3.8) is 0 Å². The normalized spacial score (nSPS) is 13.2. The van der Waals surface area contributed by atoms with Gasteiger partial charge in [-0.15, -0.1) is 64.1 Å². The van der Waals surface area contributed by atoms with Crippen molar-refractivity contribution in [2.45, 2.75) is 46.1 Å². The largest absolute Gasteiger partial charge is 0.509 e. The Morgan fingerprint density at radius 1 is 0.736 bits per heavy atom. The number of fused-ring (bicyclic) bond motifs is 10. The van der Waals surface area contributed by atoms with Crippen LogP contribution < -0.4 is 14.5 Å². The Bertz CT molecular complexity index is 2860. The van der Waals surface area contributed by atoms with Gasteiger partial charge in [0.15, 0.2) is 0 Å². The van der Waals surface area contributed by atoms with Gasteiger partial charge in [0.25, 0.3) is 0 Å². The van der Waals surface area contributed by atoms with Gasteiger partial charge >= 0.3 is 0 Å². The average molecular weight is 907 g/mol. The minimum absolute atomic E-state index is 0. The summed E-state index contributed by atoms with van der Waals surface area (Å²) in [5, 5.41) is 7.26. The molecule has 8 heteroatoms. The zero-order chi connectivity index (χ0) is 35.3. The summed E-state index contributed by atoms with van der Waals surface area (Å²) in [6.07, 6.45) is 1.93. The van der Waals surface area contributed by atoms with Gasteiger partial charge in [0.05, 0.1) is 16.2 Å². The van der Waals surface area contributed by atoms with E-state index >= 15 is 0 Å². The Morgan fingerprint density at radius 3 is 2.26 bits per heavy atom. The van der Waals surface area contributed by atoms with E-state index in [-0.39, 0.29) is 26.5 Å². The number of hydrogen-bond acceptors (Lipinski definition) is 6. The van der Waals surface area contributed by atoms with Gasteiger partial charge in [-0.2, -0.15) is 18.8 Å². The van der Waals surface area contributed by atoms with Crippen LogP contribution in [-0.4, -0.2) is 15.6 Å². The van der Waals surface area contributed by atoms with E-state index in [9.17, 15) is 0 Å². The summed E-state index contributed by atoms with van der Waals surface area (Å²) in [5.41, 5.74) is 5.38. The molecule has 0 amide bonds. The quantitative estimate of drug-likeness (QED) is 0.161. The fraction of sp³-hybridized carbons (Fsp3) is 0.156. The number of benzene rings is 5. The standard InChI is InChI=1S/C45H35N4OS2.Pt/c1-27(2)47-26-48(43-35-14-7-9-16-38(35)52-44(43)47)29-11-10-12-30(24-29)50-31-17-18-32-33-19-20-39-41(34-13-6-8-15-37(34)51-39)42(33)49(36(32)25-31)40-23-28(21-22-46-40)45(3,4)5;/h6-23,26-27H,1-5H3;/q-3;. The monoisotopic (exact) mass is 906 g/mol. The van der Waals surface area contributed by atoms with Crippen LogP contribution in [0.4, 0.5) is 16.4 Å². The van der Waals surface area contributed by atoms with Crippen molar-refractivity contribution in [1.29, 1.82) is 0 Å². The van der Waals surface area contributed by atoms with Crippen LogP contribution in [0.1, 0.15) is 40.2 Å². The van der Waals surface area contributed by atoms with Crippen LogP contribution in [0.2, 0.25) is 0 Å². The summed E-state index contributed by atoms with van der Waals surface area (Å²) in [7, 11) is 0. The van der Waals surface area contributed by atoms with E-state index in [4.69, 9.17) is 9.72 Å². The maximum absolute atomic E-state index is 6.63. The summed E-state index contributed by atoms with van der Waals surface area (Å²) >= 11 is 3.66. The molecule has 0 saturated heterocycles. The smallest absolute Gasteiger partial charge is 0.135 e.